The second-order valence-corrected chi connectivity index (χ2v) is 10.1. The average molecular weight is 543 g/mol. The monoisotopic (exact) mass is 542 g/mol. The Morgan fingerprint density at radius 2 is 1.88 bits per heavy atom. The summed E-state index contributed by atoms with van der Waals surface area (Å²) in [6.45, 7) is 3.70. The molecule has 11 nitrogen and oxygen atoms in total. The van der Waals surface area contributed by atoms with Gasteiger partial charge < -0.3 is 24.4 Å². The van der Waals surface area contributed by atoms with Gasteiger partial charge in [0.05, 0.1) is 33.2 Å². The fourth-order valence-electron chi connectivity index (χ4n) is 5.64. The molecule has 0 saturated carbocycles. The van der Waals surface area contributed by atoms with Crippen molar-refractivity contribution in [1.29, 1.82) is 0 Å². The van der Waals surface area contributed by atoms with Crippen LogP contribution in [0.4, 0.5) is 11.6 Å². The molecule has 3 aromatic heterocycles. The lowest BCUT2D eigenvalue weighted by molar-refractivity contribution is 0.391. The van der Waals surface area contributed by atoms with Crippen LogP contribution in [0.25, 0.3) is 16.6 Å². The highest BCUT2D eigenvalue weighted by Crippen LogP contribution is 2.36. The quantitative estimate of drug-likeness (QED) is 0.305. The first-order valence-corrected chi connectivity index (χ1v) is 13.4. The summed E-state index contributed by atoms with van der Waals surface area (Å²) < 4.78 is 20.3. The van der Waals surface area contributed by atoms with Gasteiger partial charge in [-0.25, -0.2) is 9.97 Å². The number of aromatic nitrogens is 6. The number of nitrogens with zero attached hydrogens (tertiary/aromatic N) is 7. The molecule has 2 unspecified atom stereocenters. The molecule has 5 aromatic rings. The maximum atomic E-state index is 5.67. The molecule has 1 saturated heterocycles. The van der Waals surface area contributed by atoms with Crippen molar-refractivity contribution < 1.29 is 14.2 Å². The van der Waals surface area contributed by atoms with E-state index < -0.39 is 0 Å². The van der Waals surface area contributed by atoms with Crippen LogP contribution < -0.4 is 24.4 Å². The van der Waals surface area contributed by atoms with Crippen LogP contribution in [-0.4, -0.2) is 63.3 Å². The van der Waals surface area contributed by atoms with E-state index in [0.717, 1.165) is 64.5 Å². The van der Waals surface area contributed by atoms with E-state index in [9.17, 15) is 0 Å². The summed E-state index contributed by atoms with van der Waals surface area (Å²) in [6, 6.07) is 11.9. The fourth-order valence-corrected chi connectivity index (χ4v) is 5.64. The Kier molecular flexibility index (Phi) is 6.79. The maximum absolute atomic E-state index is 5.67. The summed E-state index contributed by atoms with van der Waals surface area (Å²) in [7, 11) is 6.89. The lowest BCUT2D eigenvalue weighted by Crippen LogP contribution is -2.42. The molecule has 208 valence electrons. The number of hydrogen-bond donors (Lipinski definition) is 1. The first-order valence-electron chi connectivity index (χ1n) is 13.4. The van der Waals surface area contributed by atoms with Gasteiger partial charge in [0.2, 0.25) is 5.95 Å². The normalized spacial score (nSPS) is 17.4. The van der Waals surface area contributed by atoms with Gasteiger partial charge in [0, 0.05) is 55.3 Å². The largest absolute Gasteiger partial charge is 0.497 e. The predicted octanol–water partition coefficient (Wildman–Crippen LogP) is 4.42. The van der Waals surface area contributed by atoms with Gasteiger partial charge >= 0.3 is 0 Å². The molecule has 2 aromatic carbocycles. The maximum Gasteiger partial charge on any atom is 0.226 e. The van der Waals surface area contributed by atoms with Crippen LogP contribution in [0, 0.1) is 0 Å². The standard InChI is InChI=1S/C29H34N8O3/c1-18-22(9-7-13-36(18)20-16-31-35(2)17-20)27-33-28-23-8-6-10-24(39-4)26(23)32-29(37(28)34-27)30-15-19-11-12-21(38-3)14-25(19)40-5/h6,8,10-12,14,16-18,22H,7,9,13,15H2,1-5H3,(H,30,32). The summed E-state index contributed by atoms with van der Waals surface area (Å²) in [5, 5.41) is 13.8. The summed E-state index contributed by atoms with van der Waals surface area (Å²) >= 11 is 0. The number of fused-ring (bicyclic) bond motifs is 3. The van der Waals surface area contributed by atoms with E-state index in [4.69, 9.17) is 29.3 Å². The van der Waals surface area contributed by atoms with Crippen molar-refractivity contribution in [1.82, 2.24) is 29.4 Å². The molecule has 0 aliphatic carbocycles. The number of para-hydroxylation sites is 1. The van der Waals surface area contributed by atoms with Crippen LogP contribution >= 0.6 is 0 Å². The molecule has 0 spiro atoms. The Morgan fingerprint density at radius 1 is 1.02 bits per heavy atom. The molecule has 1 aliphatic rings. The number of piperidine rings is 1. The Morgan fingerprint density at radius 3 is 2.62 bits per heavy atom. The van der Waals surface area contributed by atoms with Gasteiger partial charge in [0.15, 0.2) is 11.5 Å². The number of rotatable bonds is 8. The minimum atomic E-state index is 0.157. The van der Waals surface area contributed by atoms with Gasteiger partial charge in [-0.05, 0) is 44.0 Å². The SMILES string of the molecule is COc1ccc(CNc2nc3c(OC)cccc3c3nc(C4CCCN(c5cnn(C)c5)C4C)nn23)c(OC)c1. The van der Waals surface area contributed by atoms with Gasteiger partial charge in [-0.15, -0.1) is 5.10 Å². The smallest absolute Gasteiger partial charge is 0.226 e. The van der Waals surface area contributed by atoms with E-state index in [1.54, 1.807) is 21.3 Å². The number of methoxy groups -OCH3 is 3. The minimum Gasteiger partial charge on any atom is -0.497 e. The zero-order valence-corrected chi connectivity index (χ0v) is 23.5. The third-order valence-corrected chi connectivity index (χ3v) is 7.78. The van der Waals surface area contributed by atoms with E-state index in [1.165, 1.54) is 0 Å². The van der Waals surface area contributed by atoms with Crippen LogP contribution in [0.5, 0.6) is 17.2 Å². The summed E-state index contributed by atoms with van der Waals surface area (Å²) in [4.78, 5) is 12.5. The van der Waals surface area contributed by atoms with Crippen molar-refractivity contribution >= 4 is 28.2 Å². The highest BCUT2D eigenvalue weighted by molar-refractivity contribution is 5.96. The lowest BCUT2D eigenvalue weighted by atomic mass is 9.89. The third-order valence-electron chi connectivity index (χ3n) is 7.78. The Labute approximate surface area is 232 Å². The van der Waals surface area contributed by atoms with Crippen LogP contribution in [-0.2, 0) is 13.6 Å². The number of benzene rings is 2. The van der Waals surface area contributed by atoms with E-state index in [-0.39, 0.29) is 12.0 Å². The van der Waals surface area contributed by atoms with Gasteiger partial charge in [-0.1, -0.05) is 6.07 Å². The van der Waals surface area contributed by atoms with Crippen molar-refractivity contribution in [2.45, 2.75) is 38.3 Å². The summed E-state index contributed by atoms with van der Waals surface area (Å²) in [5.74, 6) is 3.69. The number of hydrogen-bond acceptors (Lipinski definition) is 9. The molecule has 40 heavy (non-hydrogen) atoms. The van der Waals surface area contributed by atoms with Crippen molar-refractivity contribution in [2.75, 3.05) is 38.1 Å². The van der Waals surface area contributed by atoms with Crippen molar-refractivity contribution in [2.24, 2.45) is 7.05 Å². The number of anilines is 2. The molecule has 4 heterocycles. The molecule has 2 atom stereocenters. The van der Waals surface area contributed by atoms with Gasteiger partial charge in [-0.3, -0.25) is 4.68 Å². The van der Waals surface area contributed by atoms with Crippen molar-refractivity contribution in [3.05, 3.63) is 60.2 Å². The van der Waals surface area contributed by atoms with Gasteiger partial charge in [-0.2, -0.15) is 9.61 Å². The Balaban J connectivity index is 1.41. The summed E-state index contributed by atoms with van der Waals surface area (Å²) in [6.07, 6.45) is 6.05. The van der Waals surface area contributed by atoms with Crippen LogP contribution in [0.2, 0.25) is 0 Å². The molecule has 1 aliphatic heterocycles. The van der Waals surface area contributed by atoms with Gasteiger partial charge in [0.25, 0.3) is 0 Å². The molecular weight excluding hydrogens is 508 g/mol. The number of nitrogens with one attached hydrogen (secondary N) is 1. The molecule has 11 heteroatoms. The zero-order valence-electron chi connectivity index (χ0n) is 23.5. The Bertz CT molecular complexity index is 1660. The fraction of sp³-hybridized carbons (Fsp3) is 0.379. The molecule has 0 amide bonds. The van der Waals surface area contributed by atoms with Crippen LogP contribution in [0.3, 0.4) is 0 Å². The van der Waals surface area contributed by atoms with E-state index in [1.807, 2.05) is 58.8 Å². The van der Waals surface area contributed by atoms with E-state index in [2.05, 4.69) is 28.4 Å². The van der Waals surface area contributed by atoms with E-state index >= 15 is 0 Å². The molecule has 6 rings (SSSR count). The molecule has 0 radical (unpaired) electrons. The highest BCUT2D eigenvalue weighted by atomic mass is 16.5. The second kappa shape index (κ2) is 10.6. The average Bonchev–Trinajstić information content (AvgIpc) is 3.62. The minimum absolute atomic E-state index is 0.157. The van der Waals surface area contributed by atoms with Gasteiger partial charge in [0.1, 0.15) is 22.8 Å². The zero-order chi connectivity index (χ0) is 27.8. The van der Waals surface area contributed by atoms with Crippen LogP contribution in [0.1, 0.15) is 37.1 Å². The van der Waals surface area contributed by atoms with E-state index in [0.29, 0.717) is 18.2 Å². The Hall–Kier alpha value is -4.54. The predicted molar refractivity (Wildman–Crippen MR) is 154 cm³/mol. The second-order valence-electron chi connectivity index (χ2n) is 10.1. The molecule has 1 fully saturated rings. The molecule has 1 N–H and O–H groups in total. The highest BCUT2D eigenvalue weighted by Gasteiger charge is 2.33. The number of aryl methyl sites for hydroxylation is 1. The lowest BCUT2D eigenvalue weighted by Gasteiger charge is -2.39. The van der Waals surface area contributed by atoms with Crippen molar-refractivity contribution in [3.63, 3.8) is 0 Å². The van der Waals surface area contributed by atoms with Crippen molar-refractivity contribution in [3.8, 4) is 17.2 Å². The van der Waals surface area contributed by atoms with Crippen LogP contribution in [0.15, 0.2) is 48.8 Å². The molecular formula is C29H34N8O3. The molecule has 0 bridgehead atoms. The summed E-state index contributed by atoms with van der Waals surface area (Å²) in [5.41, 5.74) is 3.56. The topological polar surface area (TPSA) is 104 Å². The number of ether oxygens (including phenoxy) is 3. The third kappa shape index (κ3) is 4.51. The first kappa shape index (κ1) is 25.7. The first-order chi connectivity index (χ1) is 19.5.